The third-order valence-corrected chi connectivity index (χ3v) is 4.62. The average Bonchev–Trinajstić information content (AvgIpc) is 2.79. The van der Waals surface area contributed by atoms with Crippen molar-refractivity contribution in [1.29, 1.82) is 0 Å². The van der Waals surface area contributed by atoms with Gasteiger partial charge in [-0.2, -0.15) is 0 Å². The van der Waals surface area contributed by atoms with Crippen LogP contribution in [0.25, 0.3) is 0 Å². The molecule has 1 aliphatic rings. The Kier molecular flexibility index (Phi) is 5.58. The first-order chi connectivity index (χ1) is 14.2. The van der Waals surface area contributed by atoms with Crippen molar-refractivity contribution in [3.8, 4) is 0 Å². The summed E-state index contributed by atoms with van der Waals surface area (Å²) < 4.78 is 5.64. The van der Waals surface area contributed by atoms with Crippen LogP contribution in [0.15, 0.2) is 78.0 Å². The van der Waals surface area contributed by atoms with Crippen LogP contribution in [0.1, 0.15) is 23.1 Å². The molecular formula is C22H20N4O3. The smallest absolute Gasteiger partial charge is 0.407 e. The summed E-state index contributed by atoms with van der Waals surface area (Å²) in [5.74, 6) is 0.455. The third-order valence-electron chi connectivity index (χ3n) is 4.62. The van der Waals surface area contributed by atoms with Crippen LogP contribution in [0.2, 0.25) is 0 Å². The van der Waals surface area contributed by atoms with Gasteiger partial charge in [0.2, 0.25) is 0 Å². The molecule has 0 spiro atoms. The molecule has 7 nitrogen and oxygen atoms in total. The fourth-order valence-electron chi connectivity index (χ4n) is 3.15. The molecule has 2 aromatic carbocycles. The van der Waals surface area contributed by atoms with Gasteiger partial charge in [-0.15, -0.1) is 0 Å². The molecule has 1 aromatic heterocycles. The Bertz CT molecular complexity index is 950. The molecule has 1 atom stereocenters. The summed E-state index contributed by atoms with van der Waals surface area (Å²) >= 11 is 0. The molecule has 0 saturated carbocycles. The van der Waals surface area contributed by atoms with Crippen molar-refractivity contribution < 1.29 is 14.6 Å². The first-order valence-corrected chi connectivity index (χ1v) is 9.31. The Labute approximate surface area is 168 Å². The van der Waals surface area contributed by atoms with Gasteiger partial charge in [-0.1, -0.05) is 60.7 Å². The number of hydrogen-bond acceptors (Lipinski definition) is 5. The molecule has 3 aromatic rings. The van der Waals surface area contributed by atoms with E-state index in [-0.39, 0.29) is 6.54 Å². The number of carbonyl (C=O) groups is 1. The maximum atomic E-state index is 11.2. The van der Waals surface area contributed by atoms with Crippen LogP contribution >= 0.6 is 0 Å². The second kappa shape index (κ2) is 8.62. The summed E-state index contributed by atoms with van der Waals surface area (Å²) in [6, 6.07) is 19.9. The molecule has 1 unspecified atom stereocenters. The summed E-state index contributed by atoms with van der Waals surface area (Å²) in [6.45, 7) is 0.898. The molecule has 1 fully saturated rings. The van der Waals surface area contributed by atoms with Gasteiger partial charge in [-0.25, -0.2) is 19.8 Å². The molecule has 1 amide bonds. The van der Waals surface area contributed by atoms with Gasteiger partial charge < -0.3 is 14.7 Å². The molecule has 0 bridgehead atoms. The molecule has 1 N–H and O–H groups in total. The van der Waals surface area contributed by atoms with E-state index < -0.39 is 12.2 Å². The van der Waals surface area contributed by atoms with Crippen LogP contribution in [0.5, 0.6) is 0 Å². The number of amides is 1. The lowest BCUT2D eigenvalue weighted by Gasteiger charge is -2.29. The number of ether oxygens (including phenoxy) is 1. The molecule has 2 heterocycles. The number of rotatable bonds is 4. The number of benzene rings is 2. The van der Waals surface area contributed by atoms with Crippen molar-refractivity contribution in [1.82, 2.24) is 14.9 Å². The summed E-state index contributed by atoms with van der Waals surface area (Å²) in [7, 11) is 0. The van der Waals surface area contributed by atoms with E-state index in [4.69, 9.17) is 9.73 Å². The first kappa shape index (κ1) is 18.8. The van der Waals surface area contributed by atoms with Gasteiger partial charge in [-0.3, -0.25) is 0 Å². The summed E-state index contributed by atoms with van der Waals surface area (Å²) in [5.41, 5.74) is 3.43. The van der Waals surface area contributed by atoms with E-state index in [9.17, 15) is 9.90 Å². The minimum atomic E-state index is -0.963. The van der Waals surface area contributed by atoms with Gasteiger partial charge in [0, 0.05) is 17.7 Å². The highest BCUT2D eigenvalue weighted by molar-refractivity contribution is 6.13. The van der Waals surface area contributed by atoms with Gasteiger partial charge in [0.25, 0.3) is 0 Å². The van der Waals surface area contributed by atoms with Crippen LogP contribution in [-0.2, 0) is 4.74 Å². The van der Waals surface area contributed by atoms with Crippen molar-refractivity contribution in [3.63, 3.8) is 0 Å². The minimum absolute atomic E-state index is 0.219. The van der Waals surface area contributed by atoms with Gasteiger partial charge in [0.1, 0.15) is 11.8 Å². The minimum Gasteiger partial charge on any atom is -0.465 e. The van der Waals surface area contributed by atoms with Crippen LogP contribution < -0.4 is 0 Å². The molecule has 29 heavy (non-hydrogen) atoms. The highest BCUT2D eigenvalue weighted by Crippen LogP contribution is 2.22. The van der Waals surface area contributed by atoms with E-state index in [1.54, 1.807) is 12.4 Å². The Balaban J connectivity index is 1.61. The van der Waals surface area contributed by atoms with Crippen molar-refractivity contribution in [3.05, 3.63) is 90.0 Å². The van der Waals surface area contributed by atoms with Crippen molar-refractivity contribution in [2.75, 3.05) is 19.7 Å². The molecule has 0 radical (unpaired) electrons. The lowest BCUT2D eigenvalue weighted by molar-refractivity contribution is -0.0274. The first-order valence-electron chi connectivity index (χ1n) is 9.31. The predicted octanol–water partition coefficient (Wildman–Crippen LogP) is 3.70. The standard InChI is InChI=1S/C22H20N4O3/c27-22(28)26-11-12-29-19(15-26)21-23-13-18(14-24-21)25-20(16-7-3-1-4-8-16)17-9-5-2-6-10-17/h1-10,13-14,19H,11-12,15H2,(H,27,28). The van der Waals surface area contributed by atoms with Gasteiger partial charge in [0.15, 0.2) is 5.82 Å². The highest BCUT2D eigenvalue weighted by atomic mass is 16.5. The van der Waals surface area contributed by atoms with E-state index in [1.165, 1.54) is 4.90 Å². The fraction of sp³-hybridized carbons (Fsp3) is 0.182. The van der Waals surface area contributed by atoms with Crippen LogP contribution in [0.3, 0.4) is 0 Å². The molecule has 1 aliphatic heterocycles. The zero-order valence-corrected chi connectivity index (χ0v) is 15.7. The fourth-order valence-corrected chi connectivity index (χ4v) is 3.15. The number of hydrogen-bond donors (Lipinski definition) is 1. The van der Waals surface area contributed by atoms with E-state index >= 15 is 0 Å². The van der Waals surface area contributed by atoms with Crippen LogP contribution in [-0.4, -0.2) is 51.5 Å². The van der Waals surface area contributed by atoms with E-state index in [0.29, 0.717) is 24.7 Å². The summed E-state index contributed by atoms with van der Waals surface area (Å²) in [4.78, 5) is 26.0. The lowest BCUT2D eigenvalue weighted by atomic mass is 10.0. The SMILES string of the molecule is O=C(O)N1CCOC(c2ncc(N=C(c3ccccc3)c3ccccc3)cn2)C1. The zero-order chi connectivity index (χ0) is 20.1. The number of nitrogens with zero attached hydrogens (tertiary/aromatic N) is 4. The topological polar surface area (TPSA) is 87.9 Å². The monoisotopic (exact) mass is 388 g/mol. The predicted molar refractivity (Wildman–Crippen MR) is 109 cm³/mol. The molecule has 7 heteroatoms. The largest absolute Gasteiger partial charge is 0.465 e. The third kappa shape index (κ3) is 4.47. The molecule has 0 aliphatic carbocycles. The van der Waals surface area contributed by atoms with Gasteiger partial charge in [0.05, 0.1) is 31.3 Å². The Morgan fingerprint density at radius 3 is 2.14 bits per heavy atom. The van der Waals surface area contributed by atoms with Crippen LogP contribution in [0, 0.1) is 0 Å². The zero-order valence-electron chi connectivity index (χ0n) is 15.7. The van der Waals surface area contributed by atoms with Crippen LogP contribution in [0.4, 0.5) is 10.5 Å². The molecular weight excluding hydrogens is 368 g/mol. The summed E-state index contributed by atoms with van der Waals surface area (Å²) in [6.07, 6.45) is 1.84. The highest BCUT2D eigenvalue weighted by Gasteiger charge is 2.26. The second-order valence-corrected chi connectivity index (χ2v) is 6.58. The maximum Gasteiger partial charge on any atom is 0.407 e. The Morgan fingerprint density at radius 2 is 1.59 bits per heavy atom. The van der Waals surface area contributed by atoms with E-state index in [1.807, 2.05) is 60.7 Å². The van der Waals surface area contributed by atoms with Gasteiger partial charge in [-0.05, 0) is 0 Å². The number of morpholine rings is 1. The second-order valence-electron chi connectivity index (χ2n) is 6.58. The maximum absolute atomic E-state index is 11.2. The summed E-state index contributed by atoms with van der Waals surface area (Å²) in [5, 5.41) is 9.17. The molecule has 4 rings (SSSR count). The number of aliphatic imine (C=N–C) groups is 1. The van der Waals surface area contributed by atoms with E-state index in [0.717, 1.165) is 16.8 Å². The number of aromatic nitrogens is 2. The quantitative estimate of drug-likeness (QED) is 0.689. The molecule has 1 saturated heterocycles. The van der Waals surface area contributed by atoms with Crippen molar-refractivity contribution in [2.24, 2.45) is 4.99 Å². The molecule has 146 valence electrons. The van der Waals surface area contributed by atoms with E-state index in [2.05, 4.69) is 9.97 Å². The van der Waals surface area contributed by atoms with Gasteiger partial charge >= 0.3 is 6.09 Å². The van der Waals surface area contributed by atoms with Crippen molar-refractivity contribution >= 4 is 17.5 Å². The van der Waals surface area contributed by atoms with Crippen molar-refractivity contribution in [2.45, 2.75) is 6.10 Å². The number of carboxylic acid groups (broad SMARTS) is 1. The normalized spacial score (nSPS) is 16.3. The Morgan fingerprint density at radius 1 is 1.00 bits per heavy atom. The Hall–Kier alpha value is -3.58. The average molecular weight is 388 g/mol. The lowest BCUT2D eigenvalue weighted by Crippen LogP contribution is -2.41.